The van der Waals surface area contributed by atoms with Gasteiger partial charge in [0.15, 0.2) is 0 Å². The molecule has 3 rings (SSSR count). The molecule has 24 heavy (non-hydrogen) atoms. The highest BCUT2D eigenvalue weighted by Crippen LogP contribution is 2.29. The van der Waals surface area contributed by atoms with Gasteiger partial charge in [0.2, 0.25) is 5.91 Å². The average molecular weight is 342 g/mol. The molecule has 1 aliphatic heterocycles. The molecule has 1 saturated heterocycles. The number of nitrogens with one attached hydrogen (secondary N) is 1. The smallest absolute Gasteiger partial charge is 0.354 e. The maximum absolute atomic E-state index is 12.6. The molecule has 0 radical (unpaired) electrons. The van der Waals surface area contributed by atoms with Crippen molar-refractivity contribution < 1.29 is 18.0 Å². The van der Waals surface area contributed by atoms with Crippen molar-refractivity contribution in [3.05, 3.63) is 23.9 Å². The number of rotatable bonds is 4. The molecule has 0 spiro atoms. The number of nitrogens with zero attached hydrogens (tertiary/aromatic N) is 3. The van der Waals surface area contributed by atoms with Crippen LogP contribution < -0.4 is 10.2 Å². The van der Waals surface area contributed by atoms with Crippen LogP contribution in [0.5, 0.6) is 0 Å². The Hall–Kier alpha value is -1.83. The number of carbonyl (C=O) groups is 1. The van der Waals surface area contributed by atoms with Crippen molar-refractivity contribution in [1.82, 2.24) is 15.2 Å². The van der Waals surface area contributed by atoms with E-state index in [1.54, 1.807) is 0 Å². The highest BCUT2D eigenvalue weighted by molar-refractivity contribution is 5.81. The predicted molar refractivity (Wildman–Crippen MR) is 83.7 cm³/mol. The first-order valence-electron chi connectivity index (χ1n) is 8.17. The van der Waals surface area contributed by atoms with Crippen LogP contribution >= 0.6 is 0 Å². The fourth-order valence-electron chi connectivity index (χ4n) is 2.79. The minimum atomic E-state index is -4.37. The maximum atomic E-state index is 12.6. The van der Waals surface area contributed by atoms with E-state index < -0.39 is 11.7 Å². The molecular weight excluding hydrogens is 321 g/mol. The highest BCUT2D eigenvalue weighted by Gasteiger charge is 2.32. The Morgan fingerprint density at radius 1 is 1.25 bits per heavy atom. The Bertz CT molecular complexity index is 578. The summed E-state index contributed by atoms with van der Waals surface area (Å²) in [4.78, 5) is 20.1. The van der Waals surface area contributed by atoms with Crippen LogP contribution in [0.3, 0.4) is 0 Å². The molecule has 0 aromatic carbocycles. The van der Waals surface area contributed by atoms with Crippen molar-refractivity contribution in [1.29, 1.82) is 0 Å². The second-order valence-corrected chi connectivity index (χ2v) is 6.38. The number of halogens is 3. The molecule has 1 atom stereocenters. The number of carbonyl (C=O) groups excluding carboxylic acids is 1. The van der Waals surface area contributed by atoms with Crippen LogP contribution in [0.15, 0.2) is 18.3 Å². The van der Waals surface area contributed by atoms with E-state index in [4.69, 9.17) is 0 Å². The Balaban J connectivity index is 1.53. The Kier molecular flexibility index (Phi) is 4.67. The summed E-state index contributed by atoms with van der Waals surface area (Å²) < 4.78 is 37.7. The number of amides is 1. The van der Waals surface area contributed by atoms with Gasteiger partial charge in [-0.25, -0.2) is 4.98 Å². The van der Waals surface area contributed by atoms with Gasteiger partial charge in [-0.15, -0.1) is 0 Å². The molecule has 8 heteroatoms. The van der Waals surface area contributed by atoms with E-state index in [0.717, 1.165) is 25.1 Å². The zero-order valence-corrected chi connectivity index (χ0v) is 13.5. The number of piperazine rings is 1. The molecule has 2 aliphatic rings. The summed E-state index contributed by atoms with van der Waals surface area (Å²) in [7, 11) is 0. The van der Waals surface area contributed by atoms with Crippen LogP contribution in [0.2, 0.25) is 0 Å². The second-order valence-electron chi connectivity index (χ2n) is 6.38. The van der Waals surface area contributed by atoms with E-state index >= 15 is 0 Å². The lowest BCUT2D eigenvalue weighted by molar-refractivity contribution is -0.137. The third-order valence-corrected chi connectivity index (χ3v) is 4.56. The first-order chi connectivity index (χ1) is 11.3. The molecule has 1 aromatic heterocycles. The van der Waals surface area contributed by atoms with Gasteiger partial charge >= 0.3 is 6.18 Å². The minimum absolute atomic E-state index is 0.0543. The molecule has 1 saturated carbocycles. The predicted octanol–water partition coefficient (Wildman–Crippen LogP) is 1.89. The van der Waals surface area contributed by atoms with Crippen molar-refractivity contribution in [2.45, 2.75) is 38.0 Å². The molecule has 1 N–H and O–H groups in total. The summed E-state index contributed by atoms with van der Waals surface area (Å²) in [6.45, 7) is 4.53. The summed E-state index contributed by atoms with van der Waals surface area (Å²) in [5, 5.41) is 3.00. The first-order valence-corrected chi connectivity index (χ1v) is 8.17. The van der Waals surface area contributed by atoms with Gasteiger partial charge in [0.05, 0.1) is 11.6 Å². The third-order valence-electron chi connectivity index (χ3n) is 4.56. The average Bonchev–Trinajstić information content (AvgIpc) is 3.37. The van der Waals surface area contributed by atoms with E-state index in [2.05, 4.69) is 15.2 Å². The van der Waals surface area contributed by atoms with Gasteiger partial charge in [0.1, 0.15) is 5.82 Å². The molecule has 5 nitrogen and oxygen atoms in total. The zero-order chi connectivity index (χ0) is 17.3. The summed E-state index contributed by atoms with van der Waals surface area (Å²) >= 11 is 0. The van der Waals surface area contributed by atoms with Gasteiger partial charge in [-0.05, 0) is 31.9 Å². The molecule has 2 fully saturated rings. The van der Waals surface area contributed by atoms with Gasteiger partial charge in [0, 0.05) is 38.4 Å². The van der Waals surface area contributed by atoms with Crippen LogP contribution in [0.25, 0.3) is 0 Å². The third kappa shape index (κ3) is 3.98. The molecule has 1 aromatic rings. The largest absolute Gasteiger partial charge is 0.417 e. The number of alkyl halides is 3. The van der Waals surface area contributed by atoms with Crippen molar-refractivity contribution in [2.24, 2.45) is 0 Å². The quantitative estimate of drug-likeness (QED) is 0.908. The van der Waals surface area contributed by atoms with Gasteiger partial charge in [-0.2, -0.15) is 13.2 Å². The van der Waals surface area contributed by atoms with Crippen molar-refractivity contribution >= 4 is 11.7 Å². The van der Waals surface area contributed by atoms with E-state index in [1.807, 2.05) is 11.8 Å². The second kappa shape index (κ2) is 6.58. The van der Waals surface area contributed by atoms with Crippen LogP contribution in [0.1, 0.15) is 25.3 Å². The molecule has 1 amide bonds. The van der Waals surface area contributed by atoms with Crippen molar-refractivity contribution in [3.8, 4) is 0 Å². The Morgan fingerprint density at radius 2 is 1.92 bits per heavy atom. The van der Waals surface area contributed by atoms with E-state index in [9.17, 15) is 18.0 Å². The van der Waals surface area contributed by atoms with Crippen LogP contribution in [0.4, 0.5) is 19.0 Å². The Morgan fingerprint density at radius 3 is 2.42 bits per heavy atom. The number of hydrogen-bond donors (Lipinski definition) is 1. The first kappa shape index (κ1) is 17.0. The molecule has 1 aliphatic carbocycles. The lowest BCUT2D eigenvalue weighted by Gasteiger charge is -2.38. The van der Waals surface area contributed by atoms with Crippen LogP contribution in [-0.2, 0) is 11.0 Å². The fourth-order valence-corrected chi connectivity index (χ4v) is 2.79. The SMILES string of the molecule is C[C@@H](C(=O)NC1CC1)N1CCN(c2ccc(C(F)(F)F)cn2)CC1. The normalized spacial score (nSPS) is 20.8. The molecule has 0 bridgehead atoms. The number of aromatic nitrogens is 1. The summed E-state index contributed by atoms with van der Waals surface area (Å²) in [6.07, 6.45) is -1.38. The van der Waals surface area contributed by atoms with Gasteiger partial charge < -0.3 is 10.2 Å². The molecule has 0 unspecified atom stereocenters. The summed E-state index contributed by atoms with van der Waals surface area (Å²) in [5.74, 6) is 0.594. The zero-order valence-electron chi connectivity index (χ0n) is 13.5. The van der Waals surface area contributed by atoms with E-state index in [-0.39, 0.29) is 11.9 Å². The minimum Gasteiger partial charge on any atom is -0.354 e. The standard InChI is InChI=1S/C16H21F3N4O/c1-11(15(24)21-13-3-4-13)22-6-8-23(9-7-22)14-5-2-12(10-20-14)16(17,18)19/h2,5,10-11,13H,3-4,6-9H2,1H3,(H,21,24)/t11-/m0/s1. The summed E-state index contributed by atoms with van der Waals surface area (Å²) in [5.41, 5.74) is -0.741. The van der Waals surface area contributed by atoms with Crippen molar-refractivity contribution in [2.75, 3.05) is 31.1 Å². The lowest BCUT2D eigenvalue weighted by atomic mass is 10.2. The van der Waals surface area contributed by atoms with Gasteiger partial charge in [0.25, 0.3) is 0 Å². The van der Waals surface area contributed by atoms with Crippen LogP contribution in [0, 0.1) is 0 Å². The Labute approximate surface area is 138 Å². The number of pyridine rings is 1. The molecular formula is C16H21F3N4O. The van der Waals surface area contributed by atoms with Crippen LogP contribution in [-0.4, -0.2) is 54.1 Å². The van der Waals surface area contributed by atoms with Gasteiger partial charge in [-0.3, -0.25) is 9.69 Å². The van der Waals surface area contributed by atoms with Crippen molar-refractivity contribution in [3.63, 3.8) is 0 Å². The molecule has 132 valence electrons. The number of anilines is 1. The summed E-state index contributed by atoms with van der Waals surface area (Å²) in [6, 6.07) is 2.62. The molecule has 2 heterocycles. The van der Waals surface area contributed by atoms with E-state index in [0.29, 0.717) is 38.0 Å². The fraction of sp³-hybridized carbons (Fsp3) is 0.625. The highest BCUT2D eigenvalue weighted by atomic mass is 19.4. The monoisotopic (exact) mass is 342 g/mol. The van der Waals surface area contributed by atoms with E-state index in [1.165, 1.54) is 6.07 Å². The maximum Gasteiger partial charge on any atom is 0.417 e. The van der Waals surface area contributed by atoms with Gasteiger partial charge in [-0.1, -0.05) is 0 Å². The lowest BCUT2D eigenvalue weighted by Crippen LogP contribution is -2.54. The topological polar surface area (TPSA) is 48.5 Å². The number of hydrogen-bond acceptors (Lipinski definition) is 4.